The van der Waals surface area contributed by atoms with Gasteiger partial charge in [0.2, 0.25) is 0 Å². The van der Waals surface area contributed by atoms with Crippen molar-refractivity contribution in [2.24, 2.45) is 0 Å². The van der Waals surface area contributed by atoms with Crippen molar-refractivity contribution >= 4 is 17.8 Å². The summed E-state index contributed by atoms with van der Waals surface area (Å²) in [5.41, 5.74) is 3.80. The van der Waals surface area contributed by atoms with Gasteiger partial charge >= 0.3 is 6.92 Å². The summed E-state index contributed by atoms with van der Waals surface area (Å²) in [4.78, 5) is 2.14. The van der Waals surface area contributed by atoms with Crippen LogP contribution in [0.2, 0.25) is 0 Å². The molecule has 0 saturated heterocycles. The first kappa shape index (κ1) is 18.5. The number of benzene rings is 2. The normalized spacial score (nSPS) is 10.4. The number of hydrogen-bond acceptors (Lipinski definition) is 2. The fourth-order valence-electron chi connectivity index (χ4n) is 2.34. The lowest BCUT2D eigenvalue weighted by atomic mass is 9.55. The average molecular weight is 297 g/mol. The first-order valence-electron chi connectivity index (χ1n) is 7.61. The largest absolute Gasteiger partial charge is 0.426 e. The zero-order chi connectivity index (χ0) is 15.1. The number of rotatable bonds is 7. The third-order valence-electron chi connectivity index (χ3n) is 3.59. The van der Waals surface area contributed by atoms with Crippen molar-refractivity contribution in [1.29, 1.82) is 0 Å². The lowest BCUT2D eigenvalue weighted by Gasteiger charge is -2.18. The van der Waals surface area contributed by atoms with Gasteiger partial charge in [-0.25, -0.2) is 0 Å². The fourth-order valence-corrected chi connectivity index (χ4v) is 2.34. The molecular weight excluding hydrogens is 269 g/mol. The summed E-state index contributed by atoms with van der Waals surface area (Å²) < 4.78 is 6.18. The molecule has 0 amide bonds. The van der Waals surface area contributed by atoms with E-state index in [1.807, 2.05) is 6.07 Å². The molecular formula is C19H28BNO. The van der Waals surface area contributed by atoms with Crippen LogP contribution in [0.15, 0.2) is 54.6 Å². The Morgan fingerprint density at radius 3 is 2.27 bits per heavy atom. The predicted octanol–water partition coefficient (Wildman–Crippen LogP) is 2.57. The maximum absolute atomic E-state index is 6.18. The Morgan fingerprint density at radius 2 is 1.64 bits per heavy atom. The summed E-state index contributed by atoms with van der Waals surface area (Å²) in [5.74, 6) is 0. The van der Waals surface area contributed by atoms with Gasteiger partial charge in [-0.3, -0.25) is 0 Å². The second-order valence-electron chi connectivity index (χ2n) is 5.56. The molecule has 118 valence electrons. The zero-order valence-electron chi connectivity index (χ0n) is 13.3. The lowest BCUT2D eigenvalue weighted by molar-refractivity contribution is 0.269. The van der Waals surface area contributed by atoms with Crippen molar-refractivity contribution in [2.75, 3.05) is 27.2 Å². The van der Waals surface area contributed by atoms with Crippen LogP contribution in [-0.2, 0) is 11.1 Å². The molecule has 2 rings (SSSR count). The van der Waals surface area contributed by atoms with Gasteiger partial charge in [0.05, 0.1) is 0 Å². The number of aryl methyl sites for hydroxylation is 1. The van der Waals surface area contributed by atoms with E-state index in [9.17, 15) is 0 Å². The number of likely N-dealkylation sites (N-methyl/N-ethyl adjacent to an activating group) is 1. The summed E-state index contributed by atoms with van der Waals surface area (Å²) in [6, 6.07) is 19.2. The number of hydrogen-bond donors (Lipinski definition) is 0. The quantitative estimate of drug-likeness (QED) is 0.728. The van der Waals surface area contributed by atoms with E-state index in [1.54, 1.807) is 0 Å². The van der Waals surface area contributed by atoms with E-state index in [4.69, 9.17) is 4.65 Å². The molecule has 0 bridgehead atoms. The molecule has 0 fully saturated rings. The molecule has 2 aromatic carbocycles. The minimum absolute atomic E-state index is 0. The van der Waals surface area contributed by atoms with Crippen molar-refractivity contribution in [1.82, 2.24) is 4.90 Å². The van der Waals surface area contributed by atoms with E-state index in [1.165, 1.54) is 16.5 Å². The topological polar surface area (TPSA) is 12.5 Å². The standard InChI is InChI=1S/C18H24BNO.CH4/c1-4-16-9-8-12-18(15-16)19(21-14-13-20(2)3)17-10-6-5-7-11-17;/h5-12,15H,4,13-14H2,1-3H3;1H4. The Hall–Kier alpha value is -1.58. The Morgan fingerprint density at radius 1 is 0.955 bits per heavy atom. The Bertz CT molecular complexity index is 542. The third kappa shape index (κ3) is 5.32. The summed E-state index contributed by atoms with van der Waals surface area (Å²) in [6.07, 6.45) is 1.05. The van der Waals surface area contributed by atoms with Gasteiger partial charge < -0.3 is 9.55 Å². The van der Waals surface area contributed by atoms with Gasteiger partial charge in [0.1, 0.15) is 0 Å². The lowest BCUT2D eigenvalue weighted by Crippen LogP contribution is -2.46. The Kier molecular flexibility index (Phi) is 7.93. The van der Waals surface area contributed by atoms with Gasteiger partial charge in [0, 0.05) is 13.2 Å². The molecule has 22 heavy (non-hydrogen) atoms. The molecule has 0 aliphatic rings. The minimum Gasteiger partial charge on any atom is -0.426 e. The van der Waals surface area contributed by atoms with Crippen LogP contribution in [0.5, 0.6) is 0 Å². The van der Waals surface area contributed by atoms with Gasteiger partial charge in [-0.05, 0) is 37.0 Å². The van der Waals surface area contributed by atoms with E-state index in [2.05, 4.69) is 74.4 Å². The highest BCUT2D eigenvalue weighted by Gasteiger charge is 2.21. The molecule has 2 aromatic rings. The highest BCUT2D eigenvalue weighted by molar-refractivity contribution is 6.80. The Balaban J connectivity index is 0.00000242. The van der Waals surface area contributed by atoms with Crippen LogP contribution < -0.4 is 10.9 Å². The second-order valence-corrected chi connectivity index (χ2v) is 5.56. The van der Waals surface area contributed by atoms with Crippen LogP contribution in [-0.4, -0.2) is 39.1 Å². The van der Waals surface area contributed by atoms with Crippen molar-refractivity contribution in [2.45, 2.75) is 20.8 Å². The molecule has 0 aliphatic heterocycles. The average Bonchev–Trinajstić information content (AvgIpc) is 2.52. The van der Waals surface area contributed by atoms with Crippen LogP contribution >= 0.6 is 0 Å². The van der Waals surface area contributed by atoms with E-state index in [-0.39, 0.29) is 14.3 Å². The zero-order valence-corrected chi connectivity index (χ0v) is 13.3. The van der Waals surface area contributed by atoms with Gasteiger partial charge in [0.25, 0.3) is 0 Å². The maximum Gasteiger partial charge on any atom is 0.361 e. The van der Waals surface area contributed by atoms with Gasteiger partial charge in [-0.15, -0.1) is 0 Å². The summed E-state index contributed by atoms with van der Waals surface area (Å²) in [5, 5.41) is 0. The molecule has 0 aliphatic carbocycles. The maximum atomic E-state index is 6.18. The summed E-state index contributed by atoms with van der Waals surface area (Å²) in [6.45, 7) is 3.85. The van der Waals surface area contributed by atoms with Crippen LogP contribution in [0, 0.1) is 0 Å². The summed E-state index contributed by atoms with van der Waals surface area (Å²) in [7, 11) is 4.14. The van der Waals surface area contributed by atoms with Crippen molar-refractivity contribution < 1.29 is 4.65 Å². The molecule has 0 N–H and O–H groups in total. The van der Waals surface area contributed by atoms with E-state index >= 15 is 0 Å². The van der Waals surface area contributed by atoms with Gasteiger partial charge in [-0.2, -0.15) is 0 Å². The van der Waals surface area contributed by atoms with E-state index in [0.29, 0.717) is 0 Å². The molecule has 0 unspecified atom stereocenters. The molecule has 0 aromatic heterocycles. The van der Waals surface area contributed by atoms with Gasteiger partial charge in [0.15, 0.2) is 0 Å². The molecule has 0 heterocycles. The monoisotopic (exact) mass is 297 g/mol. The second kappa shape index (κ2) is 9.44. The molecule has 0 saturated carbocycles. The van der Waals surface area contributed by atoms with E-state index < -0.39 is 0 Å². The molecule has 2 nitrogen and oxygen atoms in total. The first-order valence-corrected chi connectivity index (χ1v) is 7.61. The molecule has 0 spiro atoms. The van der Waals surface area contributed by atoms with Crippen molar-refractivity contribution in [3.63, 3.8) is 0 Å². The highest BCUT2D eigenvalue weighted by atomic mass is 16.4. The summed E-state index contributed by atoms with van der Waals surface area (Å²) >= 11 is 0. The Labute approximate surface area is 136 Å². The minimum atomic E-state index is 0. The van der Waals surface area contributed by atoms with Crippen LogP contribution in [0.1, 0.15) is 19.9 Å². The fraction of sp³-hybridized carbons (Fsp3) is 0.368. The number of nitrogens with zero attached hydrogens (tertiary/aromatic N) is 1. The molecule has 3 heteroatoms. The smallest absolute Gasteiger partial charge is 0.361 e. The highest BCUT2D eigenvalue weighted by Crippen LogP contribution is 2.01. The van der Waals surface area contributed by atoms with Crippen molar-refractivity contribution in [3.05, 3.63) is 60.2 Å². The third-order valence-corrected chi connectivity index (χ3v) is 3.59. The van der Waals surface area contributed by atoms with E-state index in [0.717, 1.165) is 19.6 Å². The first-order chi connectivity index (χ1) is 10.2. The molecule has 0 atom stereocenters. The van der Waals surface area contributed by atoms with Gasteiger partial charge in [-0.1, -0.05) is 68.9 Å². The van der Waals surface area contributed by atoms with Crippen LogP contribution in [0.25, 0.3) is 0 Å². The molecule has 0 radical (unpaired) electrons. The van der Waals surface area contributed by atoms with Crippen LogP contribution in [0.3, 0.4) is 0 Å². The van der Waals surface area contributed by atoms with Crippen LogP contribution in [0.4, 0.5) is 0 Å². The SMILES string of the molecule is C.CCc1cccc(B(OCCN(C)C)c2ccccc2)c1. The predicted molar refractivity (Wildman–Crippen MR) is 98.5 cm³/mol. The van der Waals surface area contributed by atoms with Crippen molar-refractivity contribution in [3.8, 4) is 0 Å².